The van der Waals surface area contributed by atoms with Crippen molar-refractivity contribution in [1.29, 1.82) is 0 Å². The number of hydrogen-bond donors (Lipinski definition) is 4. The molecule has 0 saturated heterocycles. The molecule has 7 heteroatoms. The maximum Gasteiger partial charge on any atom is 0.322 e. The molecule has 0 aliphatic carbocycles. The van der Waals surface area contributed by atoms with Crippen molar-refractivity contribution in [2.24, 2.45) is 16.5 Å². The van der Waals surface area contributed by atoms with E-state index in [0.29, 0.717) is 0 Å². The second-order valence-corrected chi connectivity index (χ2v) is 6.99. The highest BCUT2D eigenvalue weighted by atomic mass is 31.2. The second kappa shape index (κ2) is 15.8. The standard InChI is InChI=1S/C13H29N3.CH5O3P/c1-2-3-4-5-6-7-8-9-10-11-12-16-13(14)15;1-5(2,3)4/h2-12H2,1H3,(H4,14,15,16);1H3,(H2,2,3,4). The molecule has 0 aliphatic heterocycles. The lowest BCUT2D eigenvalue weighted by Gasteiger charge is -2.01. The number of hydrogen-bond acceptors (Lipinski definition) is 2. The van der Waals surface area contributed by atoms with Crippen LogP contribution < -0.4 is 11.5 Å². The first-order valence-electron chi connectivity index (χ1n) is 7.85. The summed E-state index contributed by atoms with van der Waals surface area (Å²) < 4.78 is 9.33. The van der Waals surface area contributed by atoms with Gasteiger partial charge in [0.2, 0.25) is 0 Å². The topological polar surface area (TPSA) is 122 Å². The van der Waals surface area contributed by atoms with Gasteiger partial charge in [-0.05, 0) is 6.42 Å². The Morgan fingerprint density at radius 3 is 1.57 bits per heavy atom. The number of nitrogens with zero attached hydrogens (tertiary/aromatic N) is 1. The minimum atomic E-state index is -3.64. The first-order chi connectivity index (χ1) is 9.77. The summed E-state index contributed by atoms with van der Waals surface area (Å²) in [5, 5.41) is 0. The molecule has 0 unspecified atom stereocenters. The predicted octanol–water partition coefficient (Wildman–Crippen LogP) is 2.97. The van der Waals surface area contributed by atoms with Gasteiger partial charge in [-0.2, -0.15) is 0 Å². The van der Waals surface area contributed by atoms with Gasteiger partial charge in [0, 0.05) is 13.2 Å². The van der Waals surface area contributed by atoms with Gasteiger partial charge in [-0.3, -0.25) is 9.56 Å². The fourth-order valence-corrected chi connectivity index (χ4v) is 1.81. The summed E-state index contributed by atoms with van der Waals surface area (Å²) in [5.74, 6) is 0.218. The van der Waals surface area contributed by atoms with Gasteiger partial charge in [0.15, 0.2) is 5.96 Å². The van der Waals surface area contributed by atoms with Crippen molar-refractivity contribution in [2.75, 3.05) is 13.2 Å². The lowest BCUT2D eigenvalue weighted by Crippen LogP contribution is -2.22. The van der Waals surface area contributed by atoms with E-state index in [1.165, 1.54) is 57.8 Å². The molecule has 0 fully saturated rings. The molecule has 0 amide bonds. The van der Waals surface area contributed by atoms with E-state index in [1.807, 2.05) is 0 Å². The van der Waals surface area contributed by atoms with E-state index in [0.717, 1.165) is 19.6 Å². The fraction of sp³-hybridized carbons (Fsp3) is 0.929. The van der Waals surface area contributed by atoms with E-state index in [-0.39, 0.29) is 5.96 Å². The maximum atomic E-state index is 9.33. The van der Waals surface area contributed by atoms with E-state index in [2.05, 4.69) is 11.9 Å². The van der Waals surface area contributed by atoms with Crippen LogP contribution in [0.25, 0.3) is 0 Å². The first-order valence-corrected chi connectivity index (χ1v) is 9.91. The van der Waals surface area contributed by atoms with Crippen LogP contribution in [-0.4, -0.2) is 29.0 Å². The van der Waals surface area contributed by atoms with Gasteiger partial charge in [-0.25, -0.2) is 0 Å². The second-order valence-electron chi connectivity index (χ2n) is 5.32. The number of rotatable bonds is 11. The summed E-state index contributed by atoms with van der Waals surface area (Å²) in [5.41, 5.74) is 10.5. The number of nitrogens with two attached hydrogens (primary N) is 2. The summed E-state index contributed by atoms with van der Waals surface area (Å²) in [6.07, 6.45) is 13.5. The van der Waals surface area contributed by atoms with E-state index in [9.17, 15) is 4.57 Å². The molecule has 128 valence electrons. The minimum Gasteiger partial charge on any atom is -0.370 e. The Bertz CT molecular complexity index is 281. The number of aliphatic imine (C=N–C) groups is 1. The molecule has 0 rings (SSSR count). The zero-order chi connectivity index (χ0) is 16.6. The van der Waals surface area contributed by atoms with Crippen molar-refractivity contribution >= 4 is 13.6 Å². The van der Waals surface area contributed by atoms with Crippen LogP contribution in [0.15, 0.2) is 4.99 Å². The van der Waals surface area contributed by atoms with Crippen LogP contribution in [0.4, 0.5) is 0 Å². The van der Waals surface area contributed by atoms with E-state index < -0.39 is 7.60 Å². The molecule has 6 N–H and O–H groups in total. The Kier molecular flexibility index (Phi) is 17.1. The van der Waals surface area contributed by atoms with Crippen molar-refractivity contribution in [1.82, 2.24) is 0 Å². The van der Waals surface area contributed by atoms with Crippen LogP contribution in [0.5, 0.6) is 0 Å². The van der Waals surface area contributed by atoms with E-state index >= 15 is 0 Å². The summed E-state index contributed by atoms with van der Waals surface area (Å²) >= 11 is 0. The van der Waals surface area contributed by atoms with Crippen LogP contribution in [-0.2, 0) is 4.57 Å². The van der Waals surface area contributed by atoms with Crippen LogP contribution >= 0.6 is 7.60 Å². The molecule has 0 bridgehead atoms. The van der Waals surface area contributed by atoms with E-state index in [4.69, 9.17) is 21.3 Å². The van der Waals surface area contributed by atoms with Crippen LogP contribution in [0.3, 0.4) is 0 Å². The lowest BCUT2D eigenvalue weighted by molar-refractivity contribution is 0.381. The van der Waals surface area contributed by atoms with Crippen LogP contribution in [0, 0.1) is 0 Å². The monoisotopic (exact) mass is 323 g/mol. The quantitative estimate of drug-likeness (QED) is 0.201. The van der Waals surface area contributed by atoms with Gasteiger partial charge in [-0.1, -0.05) is 64.7 Å². The Balaban J connectivity index is 0. The molecular formula is C14H34N3O3P. The van der Waals surface area contributed by atoms with Crippen molar-refractivity contribution in [3.63, 3.8) is 0 Å². The zero-order valence-corrected chi connectivity index (χ0v) is 14.5. The number of unbranched alkanes of at least 4 members (excludes halogenated alkanes) is 9. The van der Waals surface area contributed by atoms with Crippen molar-refractivity contribution in [3.8, 4) is 0 Å². The van der Waals surface area contributed by atoms with Gasteiger partial charge < -0.3 is 21.3 Å². The Labute approximate surface area is 129 Å². The molecule has 0 atom stereocenters. The van der Waals surface area contributed by atoms with Gasteiger partial charge in [0.25, 0.3) is 0 Å². The van der Waals surface area contributed by atoms with Crippen molar-refractivity contribution in [3.05, 3.63) is 0 Å². The fourth-order valence-electron chi connectivity index (χ4n) is 1.81. The molecule has 0 spiro atoms. The molecule has 21 heavy (non-hydrogen) atoms. The highest BCUT2D eigenvalue weighted by Gasteiger charge is 1.95. The molecule has 0 saturated carbocycles. The Morgan fingerprint density at radius 1 is 0.905 bits per heavy atom. The predicted molar refractivity (Wildman–Crippen MR) is 90.5 cm³/mol. The van der Waals surface area contributed by atoms with Crippen LogP contribution in [0.2, 0.25) is 0 Å². The highest BCUT2D eigenvalue weighted by Crippen LogP contribution is 2.26. The lowest BCUT2D eigenvalue weighted by atomic mass is 10.1. The summed E-state index contributed by atoms with van der Waals surface area (Å²) in [4.78, 5) is 19.2. The van der Waals surface area contributed by atoms with Crippen molar-refractivity contribution in [2.45, 2.75) is 71.1 Å². The molecular weight excluding hydrogens is 289 g/mol. The normalized spacial score (nSPS) is 10.7. The Hall–Kier alpha value is -0.580. The van der Waals surface area contributed by atoms with E-state index in [1.54, 1.807) is 0 Å². The molecule has 6 nitrogen and oxygen atoms in total. The van der Waals surface area contributed by atoms with Crippen LogP contribution in [0.1, 0.15) is 71.1 Å². The van der Waals surface area contributed by atoms with Gasteiger partial charge in [0.05, 0.1) is 0 Å². The Morgan fingerprint density at radius 2 is 1.24 bits per heavy atom. The summed E-state index contributed by atoms with van der Waals surface area (Å²) in [7, 11) is -3.64. The maximum absolute atomic E-state index is 9.33. The largest absolute Gasteiger partial charge is 0.370 e. The van der Waals surface area contributed by atoms with Gasteiger partial charge in [0.1, 0.15) is 0 Å². The SMILES string of the molecule is CCCCCCCCCCCCN=C(N)N.CP(=O)(O)O. The first kappa shape index (κ1) is 22.7. The molecule has 0 aromatic rings. The van der Waals surface area contributed by atoms with Crippen molar-refractivity contribution < 1.29 is 14.4 Å². The molecule has 0 aromatic carbocycles. The third-order valence-corrected chi connectivity index (χ3v) is 2.81. The average Bonchev–Trinajstić information content (AvgIpc) is 2.33. The molecule has 0 heterocycles. The van der Waals surface area contributed by atoms with Gasteiger partial charge in [-0.15, -0.1) is 0 Å². The summed E-state index contributed by atoms with van der Waals surface area (Å²) in [6.45, 7) is 3.91. The molecule has 0 aromatic heterocycles. The minimum absolute atomic E-state index is 0.218. The molecule has 0 aliphatic rings. The number of guanidine groups is 1. The average molecular weight is 323 g/mol. The smallest absolute Gasteiger partial charge is 0.322 e. The highest BCUT2D eigenvalue weighted by molar-refractivity contribution is 7.50. The summed E-state index contributed by atoms with van der Waals surface area (Å²) in [6, 6.07) is 0. The van der Waals surface area contributed by atoms with Gasteiger partial charge >= 0.3 is 7.60 Å². The third-order valence-electron chi connectivity index (χ3n) is 2.81. The molecule has 0 radical (unpaired) electrons. The third kappa shape index (κ3) is 38.2. The zero-order valence-electron chi connectivity index (χ0n) is 13.6.